The summed E-state index contributed by atoms with van der Waals surface area (Å²) in [4.78, 5) is 33.2. The number of thiophene rings is 1. The van der Waals surface area contributed by atoms with E-state index in [1.165, 1.54) is 22.2 Å². The number of nitrogens with zero attached hydrogens (tertiary/aromatic N) is 3. The molecule has 162 valence electrons. The van der Waals surface area contributed by atoms with Crippen molar-refractivity contribution in [2.24, 2.45) is 0 Å². The lowest BCUT2D eigenvalue weighted by atomic mass is 10.1. The molecule has 0 radical (unpaired) electrons. The first-order chi connectivity index (χ1) is 15.6. The molecule has 1 aliphatic heterocycles. The van der Waals surface area contributed by atoms with Crippen LogP contribution in [0.2, 0.25) is 0 Å². The van der Waals surface area contributed by atoms with Crippen LogP contribution in [0.25, 0.3) is 21.3 Å². The second kappa shape index (κ2) is 8.12. The molecular formula is C24H21N3O4S. The fourth-order valence-corrected chi connectivity index (χ4v) is 5.03. The Kier molecular flexibility index (Phi) is 5.14. The molecule has 0 fully saturated rings. The Hall–Kier alpha value is -3.65. The van der Waals surface area contributed by atoms with Crippen LogP contribution in [0.15, 0.2) is 59.0 Å². The van der Waals surface area contributed by atoms with Crippen molar-refractivity contribution >= 4 is 33.1 Å². The highest BCUT2D eigenvalue weighted by Crippen LogP contribution is 2.36. The summed E-state index contributed by atoms with van der Waals surface area (Å²) in [5.74, 6) is 1.07. The molecule has 0 saturated heterocycles. The van der Waals surface area contributed by atoms with Crippen molar-refractivity contribution in [3.8, 4) is 22.6 Å². The Bertz CT molecular complexity index is 1390. The number of rotatable bonds is 5. The molecule has 0 saturated carbocycles. The van der Waals surface area contributed by atoms with Gasteiger partial charge in [0.2, 0.25) is 5.91 Å². The standard InChI is InChI=1S/C24H21N3O4S/c1-30-19-8-7-16(11-20(19)31-2)17-13-32-23-22(17)24(29)26(14-25-23)12-21(28)27-10-9-15-5-3-4-6-18(15)27/h3-8,11,13-14H,9-10,12H2,1-2H3. The molecule has 5 rings (SSSR count). The van der Waals surface area contributed by atoms with Gasteiger partial charge in [0, 0.05) is 23.2 Å². The number of hydrogen-bond acceptors (Lipinski definition) is 6. The van der Waals surface area contributed by atoms with Gasteiger partial charge in [-0.15, -0.1) is 11.3 Å². The summed E-state index contributed by atoms with van der Waals surface area (Å²) in [6.45, 7) is 0.565. The summed E-state index contributed by atoms with van der Waals surface area (Å²) in [7, 11) is 3.15. The molecule has 0 spiro atoms. The minimum atomic E-state index is -0.234. The number of fused-ring (bicyclic) bond motifs is 2. The predicted molar refractivity (Wildman–Crippen MR) is 125 cm³/mol. The summed E-state index contributed by atoms with van der Waals surface area (Å²) in [5.41, 5.74) is 3.42. The van der Waals surface area contributed by atoms with E-state index in [4.69, 9.17) is 9.47 Å². The Morgan fingerprint density at radius 1 is 1.12 bits per heavy atom. The number of amides is 1. The average Bonchev–Trinajstić information content (AvgIpc) is 3.45. The summed E-state index contributed by atoms with van der Waals surface area (Å²) in [5, 5.41) is 2.41. The van der Waals surface area contributed by atoms with Crippen molar-refractivity contribution in [2.45, 2.75) is 13.0 Å². The Balaban J connectivity index is 1.51. The van der Waals surface area contributed by atoms with Crippen LogP contribution < -0.4 is 19.9 Å². The summed E-state index contributed by atoms with van der Waals surface area (Å²) in [6, 6.07) is 13.4. The Labute approximate surface area is 188 Å². The molecule has 7 nitrogen and oxygen atoms in total. The normalized spacial score (nSPS) is 12.8. The highest BCUT2D eigenvalue weighted by Gasteiger charge is 2.25. The van der Waals surface area contributed by atoms with Crippen LogP contribution in [0.1, 0.15) is 5.56 Å². The van der Waals surface area contributed by atoms with E-state index in [9.17, 15) is 9.59 Å². The van der Waals surface area contributed by atoms with Gasteiger partial charge >= 0.3 is 0 Å². The first-order valence-corrected chi connectivity index (χ1v) is 11.1. The fourth-order valence-electron chi connectivity index (χ4n) is 4.12. The number of hydrogen-bond donors (Lipinski definition) is 0. The number of carbonyl (C=O) groups excluding carboxylic acids is 1. The van der Waals surface area contributed by atoms with Crippen molar-refractivity contribution in [3.63, 3.8) is 0 Å². The molecule has 0 atom stereocenters. The zero-order valence-corrected chi connectivity index (χ0v) is 18.5. The van der Waals surface area contributed by atoms with Crippen LogP contribution in [0.5, 0.6) is 11.5 Å². The van der Waals surface area contributed by atoms with E-state index in [0.717, 1.165) is 28.8 Å². The van der Waals surface area contributed by atoms with Crippen LogP contribution in [0.4, 0.5) is 5.69 Å². The van der Waals surface area contributed by atoms with Gasteiger partial charge in [0.1, 0.15) is 11.4 Å². The lowest BCUT2D eigenvalue weighted by molar-refractivity contribution is -0.119. The van der Waals surface area contributed by atoms with Gasteiger partial charge in [-0.1, -0.05) is 24.3 Å². The Morgan fingerprint density at radius 2 is 1.94 bits per heavy atom. The highest BCUT2D eigenvalue weighted by atomic mass is 32.1. The number of anilines is 1. The third kappa shape index (κ3) is 3.33. The number of benzene rings is 2. The van der Waals surface area contributed by atoms with Gasteiger partial charge in [0.05, 0.1) is 25.9 Å². The number of methoxy groups -OCH3 is 2. The van der Waals surface area contributed by atoms with Crippen molar-refractivity contribution < 1.29 is 14.3 Å². The number of aromatic nitrogens is 2. The summed E-state index contributed by atoms with van der Waals surface area (Å²) in [6.07, 6.45) is 2.28. The molecule has 0 unspecified atom stereocenters. The van der Waals surface area contributed by atoms with Gasteiger partial charge in [-0.3, -0.25) is 14.2 Å². The van der Waals surface area contributed by atoms with Gasteiger partial charge in [0.25, 0.3) is 5.56 Å². The fraction of sp³-hybridized carbons (Fsp3) is 0.208. The van der Waals surface area contributed by atoms with E-state index in [1.807, 2.05) is 41.8 Å². The molecule has 4 aromatic rings. The lowest BCUT2D eigenvalue weighted by Gasteiger charge is -2.18. The first kappa shape index (κ1) is 20.3. The van der Waals surface area contributed by atoms with Crippen LogP contribution >= 0.6 is 11.3 Å². The molecule has 1 aliphatic rings. The predicted octanol–water partition coefficient (Wildman–Crippen LogP) is 3.73. The van der Waals surface area contributed by atoms with E-state index < -0.39 is 0 Å². The van der Waals surface area contributed by atoms with E-state index in [-0.39, 0.29) is 18.0 Å². The van der Waals surface area contributed by atoms with Crippen LogP contribution in [0, 0.1) is 0 Å². The minimum absolute atomic E-state index is 0.0582. The largest absolute Gasteiger partial charge is 0.493 e. The maximum absolute atomic E-state index is 13.4. The van der Waals surface area contributed by atoms with Crippen molar-refractivity contribution in [1.82, 2.24) is 9.55 Å². The smallest absolute Gasteiger partial charge is 0.263 e. The van der Waals surface area contributed by atoms with Gasteiger partial charge in [-0.25, -0.2) is 4.98 Å². The average molecular weight is 448 g/mol. The van der Waals surface area contributed by atoms with Crippen molar-refractivity contribution in [1.29, 1.82) is 0 Å². The molecule has 2 aromatic heterocycles. The maximum atomic E-state index is 13.4. The van der Waals surface area contributed by atoms with Crippen molar-refractivity contribution in [2.75, 3.05) is 25.7 Å². The van der Waals surface area contributed by atoms with Crippen LogP contribution in [-0.2, 0) is 17.8 Å². The third-order valence-electron chi connectivity index (χ3n) is 5.75. The lowest BCUT2D eigenvalue weighted by Crippen LogP contribution is -2.35. The zero-order chi connectivity index (χ0) is 22.2. The van der Waals surface area contributed by atoms with Crippen LogP contribution in [-0.4, -0.2) is 36.2 Å². The molecule has 8 heteroatoms. The number of para-hydroxylation sites is 1. The quantitative estimate of drug-likeness (QED) is 0.466. The summed E-state index contributed by atoms with van der Waals surface area (Å²) >= 11 is 1.40. The number of ether oxygens (including phenoxy) is 2. The zero-order valence-electron chi connectivity index (χ0n) is 17.7. The molecule has 0 bridgehead atoms. The molecule has 32 heavy (non-hydrogen) atoms. The van der Waals surface area contributed by atoms with Gasteiger partial charge in [-0.2, -0.15) is 0 Å². The molecule has 0 aliphatic carbocycles. The van der Waals surface area contributed by atoms with E-state index in [1.54, 1.807) is 25.2 Å². The Morgan fingerprint density at radius 3 is 2.75 bits per heavy atom. The molecule has 0 N–H and O–H groups in total. The maximum Gasteiger partial charge on any atom is 0.263 e. The SMILES string of the molecule is COc1ccc(-c2csc3ncn(CC(=O)N4CCc5ccccc54)c(=O)c23)cc1OC. The summed E-state index contributed by atoms with van der Waals surface area (Å²) < 4.78 is 12.1. The van der Waals surface area contributed by atoms with Gasteiger partial charge in [0.15, 0.2) is 11.5 Å². The second-order valence-electron chi connectivity index (χ2n) is 7.50. The topological polar surface area (TPSA) is 73.7 Å². The molecule has 3 heterocycles. The molecule has 1 amide bonds. The molecular weight excluding hydrogens is 426 g/mol. The van der Waals surface area contributed by atoms with Crippen LogP contribution in [0.3, 0.4) is 0 Å². The van der Waals surface area contributed by atoms with Gasteiger partial charge in [-0.05, 0) is 35.7 Å². The van der Waals surface area contributed by atoms with E-state index in [2.05, 4.69) is 4.98 Å². The first-order valence-electron chi connectivity index (χ1n) is 10.2. The second-order valence-corrected chi connectivity index (χ2v) is 8.36. The highest BCUT2D eigenvalue weighted by molar-refractivity contribution is 7.17. The van der Waals surface area contributed by atoms with Gasteiger partial charge < -0.3 is 14.4 Å². The molecule has 2 aromatic carbocycles. The van der Waals surface area contributed by atoms with E-state index >= 15 is 0 Å². The van der Waals surface area contributed by atoms with Crippen molar-refractivity contribution in [3.05, 3.63) is 70.1 Å². The third-order valence-corrected chi connectivity index (χ3v) is 6.64. The van der Waals surface area contributed by atoms with E-state index in [0.29, 0.717) is 28.3 Å². The number of carbonyl (C=O) groups is 1. The monoisotopic (exact) mass is 447 g/mol. The minimum Gasteiger partial charge on any atom is -0.493 e.